The van der Waals surface area contributed by atoms with E-state index in [0.717, 1.165) is 17.9 Å². The monoisotopic (exact) mass is 280 g/mol. The van der Waals surface area contributed by atoms with E-state index >= 15 is 0 Å². The van der Waals surface area contributed by atoms with Gasteiger partial charge >= 0.3 is 6.18 Å². The third kappa shape index (κ3) is 4.24. The normalized spacial score (nSPS) is 16.0. The molecule has 0 bridgehead atoms. The van der Waals surface area contributed by atoms with Crippen LogP contribution < -0.4 is 5.32 Å². The number of alkyl halides is 3. The third-order valence-electron chi connectivity index (χ3n) is 2.92. The number of nitrogens with zero attached hydrogens (tertiary/aromatic N) is 1. The summed E-state index contributed by atoms with van der Waals surface area (Å²) >= 11 is 0.747. The van der Waals surface area contributed by atoms with E-state index in [2.05, 4.69) is 10.3 Å². The van der Waals surface area contributed by atoms with Gasteiger partial charge in [-0.2, -0.15) is 13.2 Å². The molecule has 0 amide bonds. The topological polar surface area (TPSA) is 24.9 Å². The molecule has 2 atom stereocenters. The van der Waals surface area contributed by atoms with Crippen molar-refractivity contribution in [2.75, 3.05) is 6.54 Å². The molecular formula is C12H19F3N2S. The van der Waals surface area contributed by atoms with Gasteiger partial charge in [0.25, 0.3) is 0 Å². The Balaban J connectivity index is 2.66. The Bertz CT molecular complexity index is 374. The van der Waals surface area contributed by atoms with Crippen LogP contribution in [-0.2, 0) is 6.18 Å². The number of nitrogens with one attached hydrogen (secondary N) is 1. The number of hydrogen-bond acceptors (Lipinski definition) is 3. The van der Waals surface area contributed by atoms with E-state index in [1.165, 1.54) is 6.20 Å². The first-order valence-corrected chi connectivity index (χ1v) is 6.79. The molecular weight excluding hydrogens is 261 g/mol. The van der Waals surface area contributed by atoms with Crippen LogP contribution in [-0.4, -0.2) is 17.6 Å². The molecule has 1 heterocycles. The maximum atomic E-state index is 12.5. The summed E-state index contributed by atoms with van der Waals surface area (Å²) in [6, 6.07) is 0.381. The predicted molar refractivity (Wildman–Crippen MR) is 67.8 cm³/mol. The van der Waals surface area contributed by atoms with Crippen molar-refractivity contribution in [3.05, 3.63) is 16.1 Å². The first-order valence-electron chi connectivity index (χ1n) is 5.98. The molecule has 1 rings (SSSR count). The van der Waals surface area contributed by atoms with Gasteiger partial charge < -0.3 is 5.32 Å². The molecule has 0 aromatic carbocycles. The largest absolute Gasteiger partial charge is 0.443 e. The van der Waals surface area contributed by atoms with E-state index in [1.54, 1.807) is 0 Å². The van der Waals surface area contributed by atoms with Crippen LogP contribution in [0.15, 0.2) is 6.20 Å². The van der Waals surface area contributed by atoms with Crippen LogP contribution in [0, 0.1) is 5.92 Å². The second-order valence-electron chi connectivity index (χ2n) is 4.89. The van der Waals surface area contributed by atoms with E-state index in [-0.39, 0.29) is 11.8 Å². The molecule has 0 radical (unpaired) electrons. The molecule has 2 unspecified atom stereocenters. The van der Waals surface area contributed by atoms with Crippen LogP contribution in [0.2, 0.25) is 0 Å². The third-order valence-corrected chi connectivity index (χ3v) is 4.16. The Kier molecular flexibility index (Phi) is 5.16. The van der Waals surface area contributed by atoms with Crippen molar-refractivity contribution in [3.8, 4) is 0 Å². The number of aromatic nitrogens is 1. The van der Waals surface area contributed by atoms with Gasteiger partial charge in [-0.05, 0) is 18.4 Å². The molecule has 18 heavy (non-hydrogen) atoms. The molecule has 0 saturated heterocycles. The lowest BCUT2D eigenvalue weighted by molar-refractivity contribution is -0.137. The van der Waals surface area contributed by atoms with Gasteiger partial charge in [-0.1, -0.05) is 27.7 Å². The minimum absolute atomic E-state index is 0.0739. The zero-order chi connectivity index (χ0) is 13.9. The van der Waals surface area contributed by atoms with E-state index in [9.17, 15) is 13.2 Å². The van der Waals surface area contributed by atoms with E-state index in [0.29, 0.717) is 10.9 Å². The highest BCUT2D eigenvalue weighted by atomic mass is 32.1. The highest BCUT2D eigenvalue weighted by Gasteiger charge is 2.35. The Morgan fingerprint density at radius 1 is 1.28 bits per heavy atom. The van der Waals surface area contributed by atoms with Crippen molar-refractivity contribution >= 4 is 11.3 Å². The summed E-state index contributed by atoms with van der Waals surface area (Å²) in [6.07, 6.45) is -2.98. The van der Waals surface area contributed by atoms with Crippen LogP contribution in [0.3, 0.4) is 0 Å². The molecule has 1 N–H and O–H groups in total. The second kappa shape index (κ2) is 6.02. The fourth-order valence-electron chi connectivity index (χ4n) is 1.51. The number of hydrogen-bond donors (Lipinski definition) is 1. The fourth-order valence-corrected chi connectivity index (χ4v) is 2.47. The molecule has 0 aliphatic rings. The van der Waals surface area contributed by atoms with Gasteiger partial charge in [-0.3, -0.25) is 0 Å². The van der Waals surface area contributed by atoms with Crippen molar-refractivity contribution in [3.63, 3.8) is 0 Å². The lowest BCUT2D eigenvalue weighted by Crippen LogP contribution is -2.29. The van der Waals surface area contributed by atoms with Crippen LogP contribution in [0.25, 0.3) is 0 Å². The summed E-state index contributed by atoms with van der Waals surface area (Å²) in [7, 11) is 0. The highest BCUT2D eigenvalue weighted by molar-refractivity contribution is 7.11. The highest BCUT2D eigenvalue weighted by Crippen LogP contribution is 2.36. The van der Waals surface area contributed by atoms with Gasteiger partial charge in [-0.25, -0.2) is 4.98 Å². The average Bonchev–Trinajstić information content (AvgIpc) is 2.73. The standard InChI is InChI=1S/C12H19F3N2S/c1-7(2)16-5-8(3)9(4)10-6-17-11(18-10)12(13,14)15/h6-9,16H,5H2,1-4H3. The van der Waals surface area contributed by atoms with Crippen molar-refractivity contribution in [1.29, 1.82) is 0 Å². The van der Waals surface area contributed by atoms with Gasteiger partial charge in [0.1, 0.15) is 0 Å². The van der Waals surface area contributed by atoms with Crippen LogP contribution in [0.4, 0.5) is 13.2 Å². The molecule has 104 valence electrons. The van der Waals surface area contributed by atoms with Crippen molar-refractivity contribution in [1.82, 2.24) is 10.3 Å². The first-order chi connectivity index (χ1) is 8.21. The quantitative estimate of drug-likeness (QED) is 0.885. The molecule has 0 spiro atoms. The Hall–Kier alpha value is -0.620. The average molecular weight is 280 g/mol. The maximum absolute atomic E-state index is 12.5. The van der Waals surface area contributed by atoms with Gasteiger partial charge in [0.05, 0.1) is 0 Å². The van der Waals surface area contributed by atoms with Gasteiger partial charge in [0.2, 0.25) is 0 Å². The van der Waals surface area contributed by atoms with Crippen LogP contribution >= 0.6 is 11.3 Å². The lowest BCUT2D eigenvalue weighted by atomic mass is 9.95. The van der Waals surface area contributed by atoms with Crippen LogP contribution in [0.5, 0.6) is 0 Å². The minimum atomic E-state index is -4.33. The van der Waals surface area contributed by atoms with Crippen LogP contribution in [0.1, 0.15) is 43.5 Å². The molecule has 1 aromatic rings. The summed E-state index contributed by atoms with van der Waals surface area (Å²) in [5.74, 6) is 0.346. The SMILES string of the molecule is CC(C)NCC(C)C(C)c1cnc(C(F)(F)F)s1. The predicted octanol–water partition coefficient (Wildman–Crippen LogP) is 3.90. The summed E-state index contributed by atoms with van der Waals surface area (Å²) in [6.45, 7) is 8.86. The molecule has 6 heteroatoms. The Labute approximate surface area is 110 Å². The van der Waals surface area contributed by atoms with E-state index in [4.69, 9.17) is 0 Å². The van der Waals surface area contributed by atoms with Crippen molar-refractivity contribution in [2.45, 2.75) is 45.8 Å². The molecule has 0 fully saturated rings. The summed E-state index contributed by atoms with van der Waals surface area (Å²) in [5.41, 5.74) is 0. The summed E-state index contributed by atoms with van der Waals surface area (Å²) < 4.78 is 37.4. The number of halogens is 3. The Morgan fingerprint density at radius 2 is 1.89 bits per heavy atom. The Morgan fingerprint density at radius 3 is 2.33 bits per heavy atom. The minimum Gasteiger partial charge on any atom is -0.314 e. The second-order valence-corrected chi connectivity index (χ2v) is 5.96. The molecule has 0 aliphatic heterocycles. The van der Waals surface area contributed by atoms with Gasteiger partial charge in [-0.15, -0.1) is 11.3 Å². The van der Waals surface area contributed by atoms with E-state index in [1.807, 2.05) is 27.7 Å². The lowest BCUT2D eigenvalue weighted by Gasteiger charge is -2.20. The summed E-state index contributed by atoms with van der Waals surface area (Å²) in [5, 5.41) is 2.54. The van der Waals surface area contributed by atoms with Gasteiger partial charge in [0, 0.05) is 17.1 Å². The first kappa shape index (κ1) is 15.4. The molecule has 2 nitrogen and oxygen atoms in total. The zero-order valence-electron chi connectivity index (χ0n) is 11.0. The van der Waals surface area contributed by atoms with E-state index < -0.39 is 11.2 Å². The fraction of sp³-hybridized carbons (Fsp3) is 0.750. The maximum Gasteiger partial charge on any atom is 0.443 e. The number of thiazole rings is 1. The smallest absolute Gasteiger partial charge is 0.314 e. The summed E-state index contributed by atoms with van der Waals surface area (Å²) in [4.78, 5) is 4.15. The van der Waals surface area contributed by atoms with Gasteiger partial charge in [0.15, 0.2) is 5.01 Å². The van der Waals surface area contributed by atoms with Crippen molar-refractivity contribution < 1.29 is 13.2 Å². The van der Waals surface area contributed by atoms with Crippen molar-refractivity contribution in [2.24, 2.45) is 5.92 Å². The number of rotatable bonds is 5. The molecule has 1 aromatic heterocycles. The molecule has 0 saturated carbocycles. The zero-order valence-corrected chi connectivity index (χ0v) is 11.8. The molecule has 0 aliphatic carbocycles.